The van der Waals surface area contributed by atoms with E-state index in [-0.39, 0.29) is 17.4 Å². The van der Waals surface area contributed by atoms with Gasteiger partial charge in [0.25, 0.3) is 0 Å². The fourth-order valence-corrected chi connectivity index (χ4v) is 4.65. The van der Waals surface area contributed by atoms with Crippen LogP contribution in [0.25, 0.3) is 32.7 Å². The first-order valence-electron chi connectivity index (χ1n) is 10.6. The summed E-state index contributed by atoms with van der Waals surface area (Å²) in [5.74, 6) is 0.470. The maximum absolute atomic E-state index is 10.8. The van der Waals surface area contributed by atoms with E-state index < -0.39 is 0 Å². The van der Waals surface area contributed by atoms with Crippen molar-refractivity contribution in [2.45, 2.75) is 19.8 Å². The number of fused-ring (bicyclic) bond motifs is 2. The fraction of sp³-hybridized carbons (Fsp3) is 0.103. The maximum Gasteiger partial charge on any atom is 0.126 e. The second-order valence-electron chi connectivity index (χ2n) is 8.21. The number of benzene rings is 5. The van der Waals surface area contributed by atoms with Crippen molar-refractivity contribution in [1.82, 2.24) is 0 Å². The summed E-state index contributed by atoms with van der Waals surface area (Å²) < 4.78 is 0. The van der Waals surface area contributed by atoms with Crippen LogP contribution in [0.2, 0.25) is 0 Å². The fourth-order valence-electron chi connectivity index (χ4n) is 4.65. The monoisotopic (exact) mass is 404 g/mol. The molecule has 0 radical (unpaired) electrons. The van der Waals surface area contributed by atoms with E-state index in [1.165, 1.54) is 27.1 Å². The van der Waals surface area contributed by atoms with Crippen LogP contribution < -0.4 is 0 Å². The van der Waals surface area contributed by atoms with Crippen LogP contribution in [0.3, 0.4) is 0 Å². The lowest BCUT2D eigenvalue weighted by Crippen LogP contribution is -2.00. The molecule has 0 aromatic heterocycles. The second-order valence-corrected chi connectivity index (χ2v) is 8.21. The summed E-state index contributed by atoms with van der Waals surface area (Å²) in [5, 5.41) is 26.1. The van der Waals surface area contributed by atoms with E-state index in [1.54, 1.807) is 12.1 Å². The number of rotatable bonds is 3. The molecule has 2 N–H and O–H groups in total. The third-order valence-corrected chi connectivity index (χ3v) is 6.26. The smallest absolute Gasteiger partial charge is 0.126 e. The Labute approximate surface area is 182 Å². The molecule has 0 bridgehead atoms. The van der Waals surface area contributed by atoms with Crippen LogP contribution >= 0.6 is 0 Å². The van der Waals surface area contributed by atoms with E-state index in [9.17, 15) is 10.2 Å². The molecule has 0 fully saturated rings. The van der Waals surface area contributed by atoms with Crippen molar-refractivity contribution in [1.29, 1.82) is 0 Å². The number of aromatic hydroxyl groups is 2. The maximum atomic E-state index is 10.8. The molecule has 0 aliphatic heterocycles. The normalized spacial score (nSPS) is 12.3. The van der Waals surface area contributed by atoms with Crippen LogP contribution in [0.4, 0.5) is 0 Å². The van der Waals surface area contributed by atoms with Gasteiger partial charge >= 0.3 is 0 Å². The van der Waals surface area contributed by atoms with Crippen molar-refractivity contribution >= 4 is 21.5 Å². The summed E-state index contributed by atoms with van der Waals surface area (Å²) in [4.78, 5) is 0. The Kier molecular flexibility index (Phi) is 4.63. The average Bonchev–Trinajstić information content (AvgIpc) is 2.79. The molecule has 0 amide bonds. The van der Waals surface area contributed by atoms with Gasteiger partial charge in [0.1, 0.15) is 11.5 Å². The lowest BCUT2D eigenvalue weighted by Gasteiger charge is -2.21. The minimum atomic E-state index is 0.0971. The molecule has 5 aromatic rings. The predicted octanol–water partition coefficient (Wildman–Crippen LogP) is 7.53. The number of hydrogen-bond acceptors (Lipinski definition) is 2. The molecule has 2 nitrogen and oxygen atoms in total. The molecule has 2 heteroatoms. The Balaban J connectivity index is 1.77. The number of aryl methyl sites for hydroxylation is 1. The summed E-state index contributed by atoms with van der Waals surface area (Å²) >= 11 is 0. The van der Waals surface area contributed by atoms with Crippen molar-refractivity contribution in [3.8, 4) is 22.6 Å². The topological polar surface area (TPSA) is 40.5 Å². The van der Waals surface area contributed by atoms with Crippen LogP contribution in [0, 0.1) is 6.92 Å². The first-order valence-corrected chi connectivity index (χ1v) is 10.6. The van der Waals surface area contributed by atoms with Gasteiger partial charge in [0.2, 0.25) is 0 Å². The van der Waals surface area contributed by atoms with Gasteiger partial charge in [-0.15, -0.1) is 0 Å². The van der Waals surface area contributed by atoms with Gasteiger partial charge < -0.3 is 10.2 Å². The van der Waals surface area contributed by atoms with Gasteiger partial charge in [-0.3, -0.25) is 0 Å². The van der Waals surface area contributed by atoms with E-state index in [2.05, 4.69) is 67.6 Å². The standard InChI is InChI=1S/C29H24O2/c1-18-15-22(17-26(29(18)31)25-13-7-8-14-27(25)30)19(2)28-23-11-5-3-9-20(23)16-21-10-4-6-12-24(21)28/h3-17,19,30-31H,1-2H3. The van der Waals surface area contributed by atoms with Crippen molar-refractivity contribution in [2.24, 2.45) is 0 Å². The van der Waals surface area contributed by atoms with Gasteiger partial charge in [0.15, 0.2) is 0 Å². The van der Waals surface area contributed by atoms with Gasteiger partial charge in [-0.05, 0) is 63.4 Å². The number of hydrogen-bond donors (Lipinski definition) is 2. The summed E-state index contributed by atoms with van der Waals surface area (Å²) in [5.41, 5.74) is 4.48. The van der Waals surface area contributed by atoms with Crippen LogP contribution in [0.1, 0.15) is 29.5 Å². The minimum absolute atomic E-state index is 0.0971. The summed E-state index contributed by atoms with van der Waals surface area (Å²) in [6.45, 7) is 4.13. The highest BCUT2D eigenvalue weighted by Gasteiger charge is 2.19. The zero-order chi connectivity index (χ0) is 21.5. The Morgan fingerprint density at radius 1 is 0.645 bits per heavy atom. The molecule has 0 saturated carbocycles. The highest BCUT2D eigenvalue weighted by Crippen LogP contribution is 2.42. The highest BCUT2D eigenvalue weighted by atomic mass is 16.3. The lowest BCUT2D eigenvalue weighted by atomic mass is 9.83. The van der Waals surface area contributed by atoms with Gasteiger partial charge in [-0.1, -0.05) is 79.7 Å². The molecule has 0 heterocycles. The summed E-state index contributed by atoms with van der Waals surface area (Å²) in [6.07, 6.45) is 0. The highest BCUT2D eigenvalue weighted by molar-refractivity contribution is 6.03. The number of phenolic OH excluding ortho intramolecular Hbond substituents is 2. The summed E-state index contributed by atoms with van der Waals surface area (Å²) in [7, 11) is 0. The number of phenols is 2. The number of para-hydroxylation sites is 1. The second kappa shape index (κ2) is 7.48. The first-order chi connectivity index (χ1) is 15.0. The Morgan fingerprint density at radius 3 is 1.87 bits per heavy atom. The Morgan fingerprint density at radius 2 is 1.23 bits per heavy atom. The van der Waals surface area contributed by atoms with Gasteiger partial charge in [0.05, 0.1) is 0 Å². The molecular weight excluding hydrogens is 380 g/mol. The molecule has 152 valence electrons. The average molecular weight is 405 g/mol. The molecule has 31 heavy (non-hydrogen) atoms. The zero-order valence-electron chi connectivity index (χ0n) is 17.6. The van der Waals surface area contributed by atoms with E-state index in [0.717, 1.165) is 11.1 Å². The van der Waals surface area contributed by atoms with Crippen molar-refractivity contribution in [3.63, 3.8) is 0 Å². The van der Waals surface area contributed by atoms with Gasteiger partial charge in [-0.25, -0.2) is 0 Å². The molecule has 0 aliphatic rings. The SMILES string of the molecule is Cc1cc(C(C)c2c3ccccc3cc3ccccc23)cc(-c2ccccc2O)c1O. The Bertz CT molecular complexity index is 1380. The van der Waals surface area contributed by atoms with Crippen molar-refractivity contribution < 1.29 is 10.2 Å². The minimum Gasteiger partial charge on any atom is -0.507 e. The zero-order valence-corrected chi connectivity index (χ0v) is 17.6. The van der Waals surface area contributed by atoms with E-state index in [0.29, 0.717) is 11.1 Å². The molecule has 1 unspecified atom stereocenters. The van der Waals surface area contributed by atoms with E-state index in [4.69, 9.17) is 0 Å². The van der Waals surface area contributed by atoms with Gasteiger partial charge in [-0.2, -0.15) is 0 Å². The molecule has 5 rings (SSSR count). The third kappa shape index (κ3) is 3.21. The quantitative estimate of drug-likeness (QED) is 0.305. The lowest BCUT2D eigenvalue weighted by molar-refractivity contribution is 0.466. The molecule has 0 spiro atoms. The Hall–Kier alpha value is -3.78. The molecule has 5 aromatic carbocycles. The van der Waals surface area contributed by atoms with Crippen LogP contribution in [-0.4, -0.2) is 10.2 Å². The van der Waals surface area contributed by atoms with Crippen molar-refractivity contribution in [3.05, 3.63) is 108 Å². The van der Waals surface area contributed by atoms with Crippen LogP contribution in [-0.2, 0) is 0 Å². The molecule has 0 aliphatic carbocycles. The molecule has 1 atom stereocenters. The van der Waals surface area contributed by atoms with E-state index in [1.807, 2.05) is 25.1 Å². The van der Waals surface area contributed by atoms with Gasteiger partial charge in [0, 0.05) is 17.0 Å². The molecular formula is C29H24O2. The van der Waals surface area contributed by atoms with Crippen molar-refractivity contribution in [2.75, 3.05) is 0 Å². The van der Waals surface area contributed by atoms with E-state index >= 15 is 0 Å². The molecule has 0 saturated heterocycles. The largest absolute Gasteiger partial charge is 0.507 e. The first kappa shape index (κ1) is 19.2. The summed E-state index contributed by atoms with van der Waals surface area (Å²) in [6, 6.07) is 30.5. The van der Waals surface area contributed by atoms with Crippen LogP contribution in [0.5, 0.6) is 11.5 Å². The predicted molar refractivity (Wildman–Crippen MR) is 129 cm³/mol. The van der Waals surface area contributed by atoms with Crippen LogP contribution in [0.15, 0.2) is 91.0 Å². The third-order valence-electron chi connectivity index (χ3n) is 6.26.